The van der Waals surface area contributed by atoms with E-state index in [1.165, 1.54) is 23.5 Å². The van der Waals surface area contributed by atoms with Crippen molar-refractivity contribution in [1.82, 2.24) is 15.2 Å². The van der Waals surface area contributed by atoms with Gasteiger partial charge in [-0.3, -0.25) is 9.59 Å². The first-order valence-electron chi connectivity index (χ1n) is 11.3. The maximum absolute atomic E-state index is 13.8. The quantitative estimate of drug-likeness (QED) is 0.446. The summed E-state index contributed by atoms with van der Waals surface area (Å²) < 4.78 is 19.3. The van der Waals surface area contributed by atoms with E-state index in [1.54, 1.807) is 36.6 Å². The number of hydrogen-bond acceptors (Lipinski definition) is 5. The lowest BCUT2D eigenvalue weighted by atomic mass is 10.1. The van der Waals surface area contributed by atoms with Gasteiger partial charge >= 0.3 is 0 Å². The van der Waals surface area contributed by atoms with E-state index in [0.717, 1.165) is 16.8 Å². The normalized spacial score (nSPS) is 21.0. The van der Waals surface area contributed by atoms with Crippen molar-refractivity contribution in [1.29, 1.82) is 0 Å². The molecule has 1 N–H and O–H groups in total. The van der Waals surface area contributed by atoms with Gasteiger partial charge in [-0.05, 0) is 61.1 Å². The van der Waals surface area contributed by atoms with E-state index < -0.39 is 0 Å². The molecule has 1 saturated carbocycles. The number of thiazole rings is 1. The highest BCUT2D eigenvalue weighted by Crippen LogP contribution is 2.50. The van der Waals surface area contributed by atoms with Crippen LogP contribution in [0.3, 0.4) is 0 Å². The first kappa shape index (κ1) is 21.0. The summed E-state index contributed by atoms with van der Waals surface area (Å²) >= 11 is 1.39. The minimum Gasteiger partial charge on any atom is -0.464 e. The van der Waals surface area contributed by atoms with Gasteiger partial charge in [0.25, 0.3) is 11.8 Å². The highest BCUT2D eigenvalue weighted by Gasteiger charge is 2.54. The third kappa shape index (κ3) is 3.58. The summed E-state index contributed by atoms with van der Waals surface area (Å²) in [7, 11) is 0. The summed E-state index contributed by atoms with van der Waals surface area (Å²) in [5, 5.41) is 4.55. The van der Waals surface area contributed by atoms with Gasteiger partial charge in [0.15, 0.2) is 0 Å². The number of piperidine rings is 1. The van der Waals surface area contributed by atoms with E-state index in [9.17, 15) is 14.0 Å². The second-order valence-corrected chi connectivity index (χ2v) is 10.2. The van der Waals surface area contributed by atoms with Gasteiger partial charge in [0.1, 0.15) is 17.1 Å². The molecule has 3 atom stereocenters. The third-order valence-corrected chi connectivity index (χ3v) is 7.82. The lowest BCUT2D eigenvalue weighted by Crippen LogP contribution is -2.45. The van der Waals surface area contributed by atoms with Gasteiger partial charge in [-0.15, -0.1) is 11.3 Å². The van der Waals surface area contributed by atoms with Crippen LogP contribution in [-0.2, 0) is 0 Å². The fraction of sp³-hybridized carbons (Fsp3) is 0.269. The molecular weight excluding hydrogens is 453 g/mol. The molecule has 172 valence electrons. The molecule has 6 nitrogen and oxygen atoms in total. The average molecular weight is 476 g/mol. The number of aromatic nitrogens is 1. The molecule has 8 heteroatoms. The van der Waals surface area contributed by atoms with Crippen LogP contribution >= 0.6 is 11.3 Å². The Morgan fingerprint density at radius 3 is 2.94 bits per heavy atom. The van der Waals surface area contributed by atoms with Gasteiger partial charge in [-0.25, -0.2) is 9.37 Å². The topological polar surface area (TPSA) is 75.4 Å². The molecule has 2 aromatic carbocycles. The molecule has 0 bridgehead atoms. The number of benzene rings is 2. The summed E-state index contributed by atoms with van der Waals surface area (Å²) in [4.78, 5) is 33.6. The van der Waals surface area contributed by atoms with Gasteiger partial charge in [0.05, 0.1) is 27.8 Å². The zero-order valence-corrected chi connectivity index (χ0v) is 19.3. The molecule has 2 amide bonds. The van der Waals surface area contributed by atoms with Crippen molar-refractivity contribution in [3.8, 4) is 10.4 Å². The zero-order chi connectivity index (χ0) is 23.4. The van der Waals surface area contributed by atoms with Crippen molar-refractivity contribution in [2.75, 3.05) is 13.1 Å². The highest BCUT2D eigenvalue weighted by molar-refractivity contribution is 7.15. The lowest BCUT2D eigenvalue weighted by Gasteiger charge is -2.27. The molecule has 3 heterocycles. The van der Waals surface area contributed by atoms with E-state index >= 15 is 0 Å². The molecule has 0 spiro atoms. The van der Waals surface area contributed by atoms with Gasteiger partial charge in [-0.1, -0.05) is 18.2 Å². The molecule has 0 radical (unpaired) electrons. The summed E-state index contributed by atoms with van der Waals surface area (Å²) in [6, 6.07) is 13.3. The van der Waals surface area contributed by atoms with Crippen LogP contribution in [0.15, 0.2) is 59.2 Å². The molecule has 1 saturated heterocycles. The molecule has 1 aliphatic heterocycles. The first-order chi connectivity index (χ1) is 16.5. The molecule has 4 aromatic rings. The number of fused-ring (bicyclic) bond motifs is 2. The summed E-state index contributed by atoms with van der Waals surface area (Å²) in [5.74, 6) is 0.143. The van der Waals surface area contributed by atoms with Crippen molar-refractivity contribution in [2.24, 2.45) is 11.8 Å². The summed E-state index contributed by atoms with van der Waals surface area (Å²) in [6.45, 7) is 2.87. The van der Waals surface area contributed by atoms with Crippen molar-refractivity contribution in [3.05, 3.63) is 76.9 Å². The minimum absolute atomic E-state index is 0.0904. The molecular formula is C26H22FN3O3S. The number of furan rings is 1. The Hall–Kier alpha value is -3.52. The van der Waals surface area contributed by atoms with E-state index in [-0.39, 0.29) is 23.7 Å². The number of hydrogen-bond donors (Lipinski definition) is 1. The third-order valence-electron chi connectivity index (χ3n) is 6.80. The Kier molecular flexibility index (Phi) is 4.99. The number of nitrogens with zero attached hydrogens (tertiary/aromatic N) is 2. The molecule has 2 aliphatic rings. The minimum atomic E-state index is -0.349. The number of carbonyl (C=O) groups excluding carboxylic acids is 2. The van der Waals surface area contributed by atoms with Gasteiger partial charge in [-0.2, -0.15) is 0 Å². The van der Waals surface area contributed by atoms with Crippen LogP contribution in [0.4, 0.5) is 4.39 Å². The molecule has 2 aromatic heterocycles. The van der Waals surface area contributed by atoms with Gasteiger partial charge in [0, 0.05) is 18.5 Å². The first-order valence-corrected chi connectivity index (χ1v) is 12.1. The van der Waals surface area contributed by atoms with Crippen molar-refractivity contribution in [3.63, 3.8) is 0 Å². The number of likely N-dealkylation sites (tertiary alicyclic amines) is 1. The smallest absolute Gasteiger partial charge is 0.274 e. The van der Waals surface area contributed by atoms with Crippen LogP contribution < -0.4 is 5.32 Å². The Labute approximate surface area is 199 Å². The van der Waals surface area contributed by atoms with E-state index in [2.05, 4.69) is 10.3 Å². The van der Waals surface area contributed by atoms with Crippen molar-refractivity contribution in [2.45, 2.75) is 19.4 Å². The number of carbonyl (C=O) groups is 2. The fourth-order valence-corrected chi connectivity index (χ4v) is 5.99. The van der Waals surface area contributed by atoms with Crippen LogP contribution in [0.1, 0.15) is 32.3 Å². The number of amides is 2. The van der Waals surface area contributed by atoms with Crippen LogP contribution in [0.5, 0.6) is 0 Å². The highest BCUT2D eigenvalue weighted by atomic mass is 32.1. The Bertz CT molecular complexity index is 1430. The fourth-order valence-electron chi connectivity index (χ4n) is 5.08. The van der Waals surface area contributed by atoms with Gasteiger partial charge < -0.3 is 14.6 Å². The lowest BCUT2D eigenvalue weighted by molar-refractivity contribution is 0.0690. The van der Waals surface area contributed by atoms with E-state index in [0.29, 0.717) is 52.2 Å². The SMILES string of the molecule is Cc1nc(C(=O)N2C[C@@H]3C[C@@H]3[C@H]2CNC(=O)c2cccc3occc23)c(-c2cccc(F)c2)s1. The van der Waals surface area contributed by atoms with Crippen LogP contribution in [0, 0.1) is 24.6 Å². The zero-order valence-electron chi connectivity index (χ0n) is 18.5. The molecule has 1 aliphatic carbocycles. The van der Waals surface area contributed by atoms with E-state index in [4.69, 9.17) is 4.42 Å². The number of nitrogens with one attached hydrogen (secondary N) is 1. The van der Waals surface area contributed by atoms with Crippen molar-refractivity contribution >= 4 is 34.1 Å². The van der Waals surface area contributed by atoms with Crippen LogP contribution in [-0.4, -0.2) is 40.8 Å². The predicted octanol–water partition coefficient (Wildman–Crippen LogP) is 4.89. The molecule has 34 heavy (non-hydrogen) atoms. The number of aryl methyl sites for hydroxylation is 1. The Morgan fingerprint density at radius 2 is 2.09 bits per heavy atom. The van der Waals surface area contributed by atoms with Crippen LogP contribution in [0.25, 0.3) is 21.4 Å². The second-order valence-electron chi connectivity index (χ2n) is 8.95. The largest absolute Gasteiger partial charge is 0.464 e. The maximum atomic E-state index is 13.8. The molecule has 0 unspecified atom stereocenters. The summed E-state index contributed by atoms with van der Waals surface area (Å²) in [5.41, 5.74) is 2.22. The number of rotatable bonds is 5. The average Bonchev–Trinajstić information content (AvgIpc) is 3.16. The molecule has 2 fully saturated rings. The standard InChI is InChI=1S/C26H22FN3O3S/c1-14-29-23(24(34-14)15-4-2-5-17(27)10-15)26(32)30-13-16-11-20(16)21(30)12-28-25(31)19-6-3-7-22-18(19)8-9-33-22/h2-10,16,20-21H,11-13H2,1H3,(H,28,31)/t16-,20-,21+/m0/s1. The van der Waals surface area contributed by atoms with Gasteiger partial charge in [0.2, 0.25) is 0 Å². The predicted molar refractivity (Wildman–Crippen MR) is 127 cm³/mol. The Balaban J connectivity index is 1.23. The van der Waals surface area contributed by atoms with Crippen molar-refractivity contribution < 1.29 is 18.4 Å². The van der Waals surface area contributed by atoms with Crippen LogP contribution in [0.2, 0.25) is 0 Å². The molecule has 6 rings (SSSR count). The Morgan fingerprint density at radius 1 is 1.24 bits per heavy atom. The second kappa shape index (κ2) is 8.06. The van der Waals surface area contributed by atoms with E-state index in [1.807, 2.05) is 17.9 Å². The number of halogens is 1. The summed E-state index contributed by atoms with van der Waals surface area (Å²) in [6.07, 6.45) is 2.63. The maximum Gasteiger partial charge on any atom is 0.274 e. The monoisotopic (exact) mass is 475 g/mol.